The Bertz CT molecular complexity index is 491. The molecule has 18 heavy (non-hydrogen) atoms. The molecule has 0 fully saturated rings. The van der Waals surface area contributed by atoms with Crippen LogP contribution in [0.5, 0.6) is 11.5 Å². The molecule has 1 unspecified atom stereocenters. The number of hydrogen-bond acceptors (Lipinski definition) is 4. The fraction of sp³-hybridized carbons (Fsp3) is 0.357. The van der Waals surface area contributed by atoms with E-state index in [4.69, 9.17) is 14.2 Å². The van der Waals surface area contributed by atoms with Crippen molar-refractivity contribution in [2.75, 3.05) is 14.2 Å². The fourth-order valence-corrected chi connectivity index (χ4v) is 2.03. The zero-order valence-corrected chi connectivity index (χ0v) is 10.7. The first kappa shape index (κ1) is 12.5. The summed E-state index contributed by atoms with van der Waals surface area (Å²) in [6, 6.07) is 3.62. The van der Waals surface area contributed by atoms with Gasteiger partial charge < -0.3 is 14.2 Å². The zero-order valence-electron chi connectivity index (χ0n) is 10.7. The first-order chi connectivity index (χ1) is 8.72. The second-order valence-corrected chi connectivity index (χ2v) is 3.93. The molecule has 0 N–H and O–H groups in total. The summed E-state index contributed by atoms with van der Waals surface area (Å²) in [6.45, 7) is 2.03. The van der Waals surface area contributed by atoms with Crippen LogP contribution in [0, 0.1) is 0 Å². The largest absolute Gasteiger partial charge is 0.493 e. The lowest BCUT2D eigenvalue weighted by Crippen LogP contribution is -2.00. The predicted octanol–water partition coefficient (Wildman–Crippen LogP) is 2.88. The lowest BCUT2D eigenvalue weighted by atomic mass is 10.0. The molecule has 0 spiro atoms. The van der Waals surface area contributed by atoms with Crippen LogP contribution in [-0.4, -0.2) is 20.2 Å². The highest BCUT2D eigenvalue weighted by atomic mass is 16.6. The Balaban J connectivity index is 2.50. The minimum absolute atomic E-state index is 0.327. The van der Waals surface area contributed by atoms with E-state index < -0.39 is 0 Å². The molecule has 0 saturated heterocycles. The summed E-state index contributed by atoms with van der Waals surface area (Å²) >= 11 is 0. The number of carbonyl (C=O) groups is 1. The smallest absolute Gasteiger partial charge is 0.343 e. The molecule has 1 aliphatic rings. The fourth-order valence-electron chi connectivity index (χ4n) is 2.03. The van der Waals surface area contributed by atoms with Gasteiger partial charge in [0.15, 0.2) is 11.5 Å². The number of methoxy groups -OCH3 is 2. The number of carbonyl (C=O) groups excluding carboxylic acids is 1. The molecule has 0 bridgehead atoms. The molecule has 1 aromatic carbocycles. The SMILES string of the molecule is CCC=CC1OC(=O)c2c1ccc(OC)c2OC. The molecule has 1 heterocycles. The number of fused-ring (bicyclic) bond motifs is 1. The third kappa shape index (κ3) is 1.94. The van der Waals surface area contributed by atoms with Crippen LogP contribution >= 0.6 is 0 Å². The van der Waals surface area contributed by atoms with Gasteiger partial charge in [0.25, 0.3) is 0 Å². The van der Waals surface area contributed by atoms with E-state index in [1.165, 1.54) is 7.11 Å². The van der Waals surface area contributed by atoms with Crippen molar-refractivity contribution in [2.45, 2.75) is 19.4 Å². The summed E-state index contributed by atoms with van der Waals surface area (Å²) in [7, 11) is 3.06. The van der Waals surface area contributed by atoms with Crippen LogP contribution in [0.4, 0.5) is 0 Å². The molecule has 0 amide bonds. The number of hydrogen-bond donors (Lipinski definition) is 0. The Labute approximate surface area is 106 Å². The molecule has 0 saturated carbocycles. The Kier molecular flexibility index (Phi) is 3.55. The molecule has 0 radical (unpaired) electrons. The summed E-state index contributed by atoms with van der Waals surface area (Å²) in [4.78, 5) is 11.9. The topological polar surface area (TPSA) is 44.8 Å². The van der Waals surface area contributed by atoms with E-state index in [9.17, 15) is 4.79 Å². The molecule has 1 aliphatic heterocycles. The number of ether oxygens (including phenoxy) is 3. The van der Waals surface area contributed by atoms with Crippen LogP contribution in [0.25, 0.3) is 0 Å². The quantitative estimate of drug-likeness (QED) is 0.607. The van der Waals surface area contributed by atoms with Crippen molar-refractivity contribution in [1.29, 1.82) is 0 Å². The zero-order chi connectivity index (χ0) is 13.1. The van der Waals surface area contributed by atoms with Crippen molar-refractivity contribution in [3.05, 3.63) is 35.4 Å². The second-order valence-electron chi connectivity index (χ2n) is 3.93. The van der Waals surface area contributed by atoms with Crippen molar-refractivity contribution in [3.63, 3.8) is 0 Å². The van der Waals surface area contributed by atoms with Gasteiger partial charge in [0.2, 0.25) is 0 Å². The molecule has 96 valence electrons. The highest BCUT2D eigenvalue weighted by Gasteiger charge is 2.34. The number of cyclic esters (lactones) is 1. The Hall–Kier alpha value is -1.97. The second kappa shape index (κ2) is 5.12. The van der Waals surface area contributed by atoms with Crippen molar-refractivity contribution in [2.24, 2.45) is 0 Å². The van der Waals surface area contributed by atoms with Gasteiger partial charge >= 0.3 is 5.97 Å². The number of rotatable bonds is 4. The van der Waals surface area contributed by atoms with Crippen molar-refractivity contribution in [1.82, 2.24) is 0 Å². The van der Waals surface area contributed by atoms with Gasteiger partial charge in [-0.1, -0.05) is 19.1 Å². The number of esters is 1. The van der Waals surface area contributed by atoms with E-state index in [2.05, 4.69) is 0 Å². The summed E-state index contributed by atoms with van der Waals surface area (Å²) in [6.07, 6.45) is 4.43. The minimum Gasteiger partial charge on any atom is -0.493 e. The van der Waals surface area contributed by atoms with E-state index in [-0.39, 0.29) is 12.1 Å². The lowest BCUT2D eigenvalue weighted by Gasteiger charge is -2.10. The molecule has 0 aliphatic carbocycles. The maximum Gasteiger partial charge on any atom is 0.343 e. The maximum atomic E-state index is 11.9. The van der Waals surface area contributed by atoms with Gasteiger partial charge in [-0.05, 0) is 18.6 Å². The summed E-state index contributed by atoms with van der Waals surface area (Å²) in [5, 5.41) is 0. The van der Waals surface area contributed by atoms with Gasteiger partial charge in [0, 0.05) is 5.56 Å². The van der Waals surface area contributed by atoms with Gasteiger partial charge in [0.1, 0.15) is 11.7 Å². The standard InChI is InChI=1S/C14H16O4/c1-4-5-6-10-9-7-8-11(16-2)13(17-3)12(9)14(15)18-10/h5-8,10H,4H2,1-3H3. The van der Waals surface area contributed by atoms with Crippen LogP contribution in [0.2, 0.25) is 0 Å². The first-order valence-electron chi connectivity index (χ1n) is 5.85. The molecule has 0 aromatic heterocycles. The average Bonchev–Trinajstić information content (AvgIpc) is 2.72. The van der Waals surface area contributed by atoms with Gasteiger partial charge in [-0.2, -0.15) is 0 Å². The third-order valence-corrected chi connectivity index (χ3v) is 2.87. The van der Waals surface area contributed by atoms with Crippen LogP contribution < -0.4 is 9.47 Å². The highest BCUT2D eigenvalue weighted by Crippen LogP contribution is 2.42. The molecule has 1 aromatic rings. The summed E-state index contributed by atoms with van der Waals surface area (Å²) in [5.74, 6) is 0.604. The number of benzene rings is 1. The summed E-state index contributed by atoms with van der Waals surface area (Å²) in [5.41, 5.74) is 1.28. The van der Waals surface area contributed by atoms with Crippen LogP contribution in [0.3, 0.4) is 0 Å². The van der Waals surface area contributed by atoms with E-state index in [0.29, 0.717) is 17.1 Å². The molecule has 4 nitrogen and oxygen atoms in total. The van der Waals surface area contributed by atoms with Gasteiger partial charge in [-0.15, -0.1) is 0 Å². The van der Waals surface area contributed by atoms with Gasteiger partial charge in [-0.3, -0.25) is 0 Å². The normalized spacial score (nSPS) is 17.7. The van der Waals surface area contributed by atoms with Crippen LogP contribution in [0.1, 0.15) is 35.4 Å². The van der Waals surface area contributed by atoms with Crippen LogP contribution in [0.15, 0.2) is 24.3 Å². The monoisotopic (exact) mass is 248 g/mol. The van der Waals surface area contributed by atoms with Crippen LogP contribution in [-0.2, 0) is 4.74 Å². The highest BCUT2D eigenvalue weighted by molar-refractivity contribution is 5.98. The molecule has 4 heteroatoms. The van der Waals surface area contributed by atoms with E-state index in [1.807, 2.05) is 25.1 Å². The number of allylic oxidation sites excluding steroid dienone is 1. The van der Waals surface area contributed by atoms with Gasteiger partial charge in [0.05, 0.1) is 14.2 Å². The molecular weight excluding hydrogens is 232 g/mol. The predicted molar refractivity (Wildman–Crippen MR) is 67.1 cm³/mol. The molecular formula is C14H16O4. The Morgan fingerprint density at radius 3 is 2.72 bits per heavy atom. The lowest BCUT2D eigenvalue weighted by molar-refractivity contribution is 0.0465. The third-order valence-electron chi connectivity index (χ3n) is 2.87. The van der Waals surface area contributed by atoms with Crippen molar-refractivity contribution >= 4 is 5.97 Å². The van der Waals surface area contributed by atoms with Crippen molar-refractivity contribution < 1.29 is 19.0 Å². The summed E-state index contributed by atoms with van der Waals surface area (Å²) < 4.78 is 15.7. The molecule has 1 atom stereocenters. The van der Waals surface area contributed by atoms with E-state index >= 15 is 0 Å². The molecule has 2 rings (SSSR count). The first-order valence-corrected chi connectivity index (χ1v) is 5.85. The van der Waals surface area contributed by atoms with E-state index in [1.54, 1.807) is 13.2 Å². The average molecular weight is 248 g/mol. The Morgan fingerprint density at radius 1 is 1.33 bits per heavy atom. The van der Waals surface area contributed by atoms with Gasteiger partial charge in [-0.25, -0.2) is 4.79 Å². The maximum absolute atomic E-state index is 11.9. The minimum atomic E-state index is -0.369. The van der Waals surface area contributed by atoms with E-state index in [0.717, 1.165) is 12.0 Å². The Morgan fingerprint density at radius 2 is 2.11 bits per heavy atom. The van der Waals surface area contributed by atoms with Crippen molar-refractivity contribution in [3.8, 4) is 11.5 Å².